The van der Waals surface area contributed by atoms with Crippen molar-refractivity contribution in [3.8, 4) is 0 Å². The van der Waals surface area contributed by atoms with Crippen LogP contribution in [0.5, 0.6) is 0 Å². The zero-order chi connectivity index (χ0) is 20.3. The number of carbonyl (C=O) groups excluding carboxylic acids is 2. The third kappa shape index (κ3) is 4.28. The Balaban J connectivity index is 1.57. The highest BCUT2D eigenvalue weighted by atomic mass is 16.6. The lowest BCUT2D eigenvalue weighted by Crippen LogP contribution is -2.46. The van der Waals surface area contributed by atoms with Gasteiger partial charge in [-0.15, -0.1) is 0 Å². The maximum atomic E-state index is 12.6. The van der Waals surface area contributed by atoms with E-state index >= 15 is 0 Å². The summed E-state index contributed by atoms with van der Waals surface area (Å²) in [4.78, 5) is 37.1. The van der Waals surface area contributed by atoms with Crippen molar-refractivity contribution in [2.45, 2.75) is 25.8 Å². The average Bonchev–Trinajstić information content (AvgIpc) is 2.68. The predicted molar refractivity (Wildman–Crippen MR) is 105 cm³/mol. The highest BCUT2D eigenvalue weighted by molar-refractivity contribution is 5.96. The van der Waals surface area contributed by atoms with Crippen LogP contribution in [0.2, 0.25) is 0 Å². The highest BCUT2D eigenvalue weighted by Crippen LogP contribution is 2.23. The number of likely N-dealkylation sites (tertiary alicyclic amines) is 1. The van der Waals surface area contributed by atoms with Gasteiger partial charge >= 0.3 is 0 Å². The molecule has 8 heteroatoms. The lowest BCUT2D eigenvalue weighted by atomic mass is 10.0. The average molecular weight is 382 g/mol. The molecule has 146 valence electrons. The van der Waals surface area contributed by atoms with Crippen LogP contribution >= 0.6 is 0 Å². The lowest BCUT2D eigenvalue weighted by Gasteiger charge is -2.32. The maximum Gasteiger partial charge on any atom is 0.292 e. The number of rotatable bonds is 4. The number of nitrogens with one attached hydrogen (secondary N) is 1. The molecule has 28 heavy (non-hydrogen) atoms. The number of benzene rings is 2. The summed E-state index contributed by atoms with van der Waals surface area (Å²) in [6.07, 6.45) is 1.25. The fraction of sp³-hybridized carbons (Fsp3) is 0.300. The van der Waals surface area contributed by atoms with Crippen molar-refractivity contribution in [1.82, 2.24) is 10.2 Å². The monoisotopic (exact) mass is 382 g/mol. The Morgan fingerprint density at radius 3 is 2.32 bits per heavy atom. The van der Waals surface area contributed by atoms with Crippen LogP contribution in [0.3, 0.4) is 0 Å². The second kappa shape index (κ2) is 8.08. The van der Waals surface area contributed by atoms with Crippen LogP contribution in [0, 0.1) is 17.0 Å². The number of hydrogen-bond acceptors (Lipinski definition) is 5. The summed E-state index contributed by atoms with van der Waals surface area (Å²) in [7, 11) is 0. The molecular weight excluding hydrogens is 360 g/mol. The SMILES string of the molecule is Cc1ccc(C(=O)N2CCC(NC(=O)c3ccc(N)c([N+](=O)[O-])c3)CC2)cc1. The van der Waals surface area contributed by atoms with Gasteiger partial charge in [-0.3, -0.25) is 19.7 Å². The number of nitrogens with zero attached hydrogens (tertiary/aromatic N) is 2. The Bertz CT molecular complexity index is 903. The second-order valence-electron chi connectivity index (χ2n) is 6.94. The standard InChI is InChI=1S/C20H22N4O4/c1-13-2-4-14(5-3-13)20(26)23-10-8-16(9-11-23)22-19(25)15-6-7-17(21)18(12-15)24(27)28/h2-7,12,16H,8-11,21H2,1H3,(H,22,25). The van der Waals surface area contributed by atoms with Crippen LogP contribution in [-0.4, -0.2) is 40.8 Å². The van der Waals surface area contributed by atoms with Crippen molar-refractivity contribution in [2.24, 2.45) is 0 Å². The third-order valence-electron chi connectivity index (χ3n) is 4.91. The minimum Gasteiger partial charge on any atom is -0.393 e. The molecule has 1 saturated heterocycles. The molecule has 3 rings (SSSR count). The van der Waals surface area contributed by atoms with E-state index in [9.17, 15) is 19.7 Å². The van der Waals surface area contributed by atoms with E-state index in [0.29, 0.717) is 31.5 Å². The Morgan fingerprint density at radius 2 is 1.71 bits per heavy atom. The molecule has 0 aliphatic carbocycles. The molecule has 2 aromatic rings. The second-order valence-corrected chi connectivity index (χ2v) is 6.94. The summed E-state index contributed by atoms with van der Waals surface area (Å²) in [5.74, 6) is -0.398. The van der Waals surface area contributed by atoms with E-state index in [2.05, 4.69) is 5.32 Å². The number of nitrogen functional groups attached to an aromatic ring is 1. The van der Waals surface area contributed by atoms with E-state index in [4.69, 9.17) is 5.73 Å². The summed E-state index contributed by atoms with van der Waals surface area (Å²) in [5, 5.41) is 13.9. The maximum absolute atomic E-state index is 12.6. The van der Waals surface area contributed by atoms with Crippen molar-refractivity contribution in [3.63, 3.8) is 0 Å². The number of nitro benzene ring substituents is 1. The van der Waals surface area contributed by atoms with Crippen molar-refractivity contribution < 1.29 is 14.5 Å². The summed E-state index contributed by atoms with van der Waals surface area (Å²) in [5.41, 5.74) is 7.24. The molecule has 1 fully saturated rings. The molecule has 0 saturated carbocycles. The van der Waals surface area contributed by atoms with E-state index < -0.39 is 4.92 Å². The zero-order valence-electron chi connectivity index (χ0n) is 15.6. The number of hydrogen-bond donors (Lipinski definition) is 2. The van der Waals surface area contributed by atoms with E-state index in [-0.39, 0.29) is 34.8 Å². The van der Waals surface area contributed by atoms with Crippen LogP contribution < -0.4 is 11.1 Å². The van der Waals surface area contributed by atoms with Gasteiger partial charge in [0.25, 0.3) is 17.5 Å². The molecule has 0 atom stereocenters. The Morgan fingerprint density at radius 1 is 1.11 bits per heavy atom. The molecule has 2 amide bonds. The van der Waals surface area contributed by atoms with E-state index in [0.717, 1.165) is 5.56 Å². The van der Waals surface area contributed by atoms with Gasteiger partial charge in [0.15, 0.2) is 0 Å². The number of nitrogens with two attached hydrogens (primary N) is 1. The van der Waals surface area contributed by atoms with Gasteiger partial charge in [-0.1, -0.05) is 17.7 Å². The predicted octanol–water partition coefficient (Wildman–Crippen LogP) is 2.52. The van der Waals surface area contributed by atoms with Crippen LogP contribution in [0.1, 0.15) is 39.1 Å². The van der Waals surface area contributed by atoms with Crippen LogP contribution in [0.4, 0.5) is 11.4 Å². The third-order valence-corrected chi connectivity index (χ3v) is 4.91. The molecule has 0 aromatic heterocycles. The van der Waals surface area contributed by atoms with Gasteiger partial charge < -0.3 is 16.0 Å². The topological polar surface area (TPSA) is 119 Å². The normalized spacial score (nSPS) is 14.5. The largest absolute Gasteiger partial charge is 0.393 e. The Hall–Kier alpha value is -3.42. The quantitative estimate of drug-likeness (QED) is 0.478. The first-order valence-electron chi connectivity index (χ1n) is 9.06. The summed E-state index contributed by atoms with van der Waals surface area (Å²) >= 11 is 0. The number of anilines is 1. The minimum atomic E-state index is -0.610. The molecule has 1 heterocycles. The zero-order valence-corrected chi connectivity index (χ0v) is 15.6. The molecule has 0 bridgehead atoms. The smallest absolute Gasteiger partial charge is 0.292 e. The van der Waals surface area contributed by atoms with Crippen molar-refractivity contribution in [1.29, 1.82) is 0 Å². The van der Waals surface area contributed by atoms with Crippen molar-refractivity contribution in [2.75, 3.05) is 18.8 Å². The molecule has 2 aromatic carbocycles. The number of aryl methyl sites for hydroxylation is 1. The minimum absolute atomic E-state index is 0.0149. The molecule has 8 nitrogen and oxygen atoms in total. The Labute approximate surface area is 162 Å². The number of nitro groups is 1. The first-order chi connectivity index (χ1) is 13.3. The van der Waals surface area contributed by atoms with E-state index in [1.165, 1.54) is 18.2 Å². The van der Waals surface area contributed by atoms with Gasteiger partial charge in [0, 0.05) is 36.3 Å². The number of carbonyl (C=O) groups is 2. The fourth-order valence-corrected chi connectivity index (χ4v) is 3.22. The first-order valence-corrected chi connectivity index (χ1v) is 9.06. The molecule has 0 unspecified atom stereocenters. The van der Waals surface area contributed by atoms with E-state index in [1.54, 1.807) is 4.90 Å². The highest BCUT2D eigenvalue weighted by Gasteiger charge is 2.25. The van der Waals surface area contributed by atoms with Gasteiger partial charge in [-0.25, -0.2) is 0 Å². The molecule has 1 aliphatic rings. The van der Waals surface area contributed by atoms with Gasteiger partial charge in [0.05, 0.1) is 4.92 Å². The van der Waals surface area contributed by atoms with Crippen LogP contribution in [0.25, 0.3) is 0 Å². The van der Waals surface area contributed by atoms with Crippen LogP contribution in [0.15, 0.2) is 42.5 Å². The summed E-state index contributed by atoms with van der Waals surface area (Å²) in [6.45, 7) is 3.05. The van der Waals surface area contributed by atoms with Crippen molar-refractivity contribution >= 4 is 23.2 Å². The van der Waals surface area contributed by atoms with Crippen LogP contribution in [-0.2, 0) is 0 Å². The van der Waals surface area contributed by atoms with Gasteiger partial charge in [0.1, 0.15) is 5.69 Å². The summed E-state index contributed by atoms with van der Waals surface area (Å²) < 4.78 is 0. The molecule has 0 spiro atoms. The summed E-state index contributed by atoms with van der Waals surface area (Å²) in [6, 6.07) is 11.4. The van der Waals surface area contributed by atoms with Gasteiger partial charge in [-0.05, 0) is 44.0 Å². The Kier molecular flexibility index (Phi) is 5.58. The number of amides is 2. The van der Waals surface area contributed by atoms with Gasteiger partial charge in [-0.2, -0.15) is 0 Å². The number of piperidine rings is 1. The van der Waals surface area contributed by atoms with Crippen molar-refractivity contribution in [3.05, 3.63) is 69.3 Å². The molecule has 1 aliphatic heterocycles. The lowest BCUT2D eigenvalue weighted by molar-refractivity contribution is -0.383. The first kappa shape index (κ1) is 19.3. The molecule has 0 radical (unpaired) electrons. The molecular formula is C20H22N4O4. The van der Waals surface area contributed by atoms with Gasteiger partial charge in [0.2, 0.25) is 0 Å². The molecule has 3 N–H and O–H groups in total. The van der Waals surface area contributed by atoms with E-state index in [1.807, 2.05) is 31.2 Å². The fourth-order valence-electron chi connectivity index (χ4n) is 3.22.